The molecular weight excluding hydrogens is 352 g/mol. The second-order valence-corrected chi connectivity index (χ2v) is 7.52. The van der Waals surface area contributed by atoms with Crippen molar-refractivity contribution in [2.75, 3.05) is 31.5 Å². The zero-order valence-electron chi connectivity index (χ0n) is 15.5. The second kappa shape index (κ2) is 8.73. The molecule has 0 saturated carbocycles. The minimum atomic E-state index is -0.287. The van der Waals surface area contributed by atoms with Crippen LogP contribution in [0.3, 0.4) is 0 Å². The fourth-order valence-electron chi connectivity index (χ4n) is 3.78. The number of carbonyl (C=O) groups excluding carboxylic acids is 2. The van der Waals surface area contributed by atoms with Crippen LogP contribution in [0.4, 0.5) is 10.5 Å². The van der Waals surface area contributed by atoms with E-state index in [1.165, 1.54) is 6.42 Å². The van der Waals surface area contributed by atoms with Gasteiger partial charge in [-0.3, -0.25) is 4.79 Å². The summed E-state index contributed by atoms with van der Waals surface area (Å²) in [4.78, 5) is 26.9. The maximum atomic E-state index is 13.0. The van der Waals surface area contributed by atoms with Crippen LogP contribution < -0.4 is 16.0 Å². The number of hydrogen-bond acceptors (Lipinski definition) is 3. The van der Waals surface area contributed by atoms with Gasteiger partial charge in [0.05, 0.1) is 11.3 Å². The van der Waals surface area contributed by atoms with Gasteiger partial charge in [-0.15, -0.1) is 12.4 Å². The molecule has 3 rings (SSSR count). The van der Waals surface area contributed by atoms with Crippen LogP contribution in [-0.2, 0) is 0 Å². The smallest absolute Gasteiger partial charge is 0.319 e. The normalized spacial score (nSPS) is 18.5. The Balaban J connectivity index is 0.00000243. The summed E-state index contributed by atoms with van der Waals surface area (Å²) in [6.07, 6.45) is 3.31. The SMILES string of the molecule is CC(C)NC(=O)Nc1ccccc1C(=O)N1CCC2(CCNC2)CC1.Cl. The van der Waals surface area contributed by atoms with Crippen molar-refractivity contribution in [2.24, 2.45) is 5.41 Å². The van der Waals surface area contributed by atoms with Crippen molar-refractivity contribution in [3.05, 3.63) is 29.8 Å². The lowest BCUT2D eigenvalue weighted by Crippen LogP contribution is -2.44. The summed E-state index contributed by atoms with van der Waals surface area (Å²) in [6, 6.07) is 6.99. The van der Waals surface area contributed by atoms with Gasteiger partial charge in [0.1, 0.15) is 0 Å². The first kappa shape index (κ1) is 20.5. The molecule has 0 bridgehead atoms. The third kappa shape index (κ3) is 4.68. The predicted molar refractivity (Wildman–Crippen MR) is 106 cm³/mol. The number of likely N-dealkylation sites (tertiary alicyclic amines) is 1. The maximum absolute atomic E-state index is 13.0. The number of amides is 3. The van der Waals surface area contributed by atoms with Crippen LogP contribution in [0.15, 0.2) is 24.3 Å². The highest BCUT2D eigenvalue weighted by Crippen LogP contribution is 2.37. The molecule has 7 heteroatoms. The van der Waals surface area contributed by atoms with Crippen molar-refractivity contribution in [3.8, 4) is 0 Å². The summed E-state index contributed by atoms with van der Waals surface area (Å²) in [6.45, 7) is 7.53. The number of piperidine rings is 1. The lowest BCUT2D eigenvalue weighted by molar-refractivity contribution is 0.0608. The lowest BCUT2D eigenvalue weighted by atomic mass is 9.78. The van der Waals surface area contributed by atoms with Crippen LogP contribution in [0, 0.1) is 5.41 Å². The molecule has 6 nitrogen and oxygen atoms in total. The number of carbonyl (C=O) groups is 2. The van der Waals surface area contributed by atoms with Gasteiger partial charge in [-0.05, 0) is 57.2 Å². The van der Waals surface area contributed by atoms with Crippen molar-refractivity contribution < 1.29 is 9.59 Å². The van der Waals surface area contributed by atoms with Crippen LogP contribution in [-0.4, -0.2) is 49.1 Å². The van der Waals surface area contributed by atoms with Gasteiger partial charge in [-0.1, -0.05) is 12.1 Å². The molecule has 144 valence electrons. The Morgan fingerprint density at radius 1 is 1.15 bits per heavy atom. The molecule has 3 amide bonds. The third-order valence-corrected chi connectivity index (χ3v) is 5.27. The Kier molecular flexibility index (Phi) is 6.89. The summed E-state index contributed by atoms with van der Waals surface area (Å²) < 4.78 is 0. The molecule has 2 saturated heterocycles. The molecule has 3 N–H and O–H groups in total. The number of rotatable bonds is 3. The molecule has 1 spiro atoms. The van der Waals surface area contributed by atoms with Crippen molar-refractivity contribution >= 4 is 30.0 Å². The Bertz CT molecular complexity index is 634. The number of anilines is 1. The van der Waals surface area contributed by atoms with E-state index >= 15 is 0 Å². The van der Waals surface area contributed by atoms with Gasteiger partial charge in [0, 0.05) is 25.7 Å². The zero-order chi connectivity index (χ0) is 17.9. The average molecular weight is 381 g/mol. The molecule has 1 aromatic carbocycles. The van der Waals surface area contributed by atoms with E-state index in [9.17, 15) is 9.59 Å². The predicted octanol–water partition coefficient (Wildman–Crippen LogP) is 2.85. The first-order chi connectivity index (χ1) is 12.0. The molecule has 2 fully saturated rings. The van der Waals surface area contributed by atoms with Gasteiger partial charge in [-0.25, -0.2) is 4.79 Å². The molecule has 0 unspecified atom stereocenters. The quantitative estimate of drug-likeness (QED) is 0.754. The third-order valence-electron chi connectivity index (χ3n) is 5.27. The Morgan fingerprint density at radius 2 is 1.85 bits per heavy atom. The van der Waals surface area contributed by atoms with Crippen LogP contribution in [0.5, 0.6) is 0 Å². The summed E-state index contributed by atoms with van der Waals surface area (Å²) in [7, 11) is 0. The van der Waals surface area contributed by atoms with Crippen LogP contribution in [0.1, 0.15) is 43.5 Å². The molecular formula is C19H29ClN4O2. The largest absolute Gasteiger partial charge is 0.339 e. The molecule has 1 aromatic rings. The van der Waals surface area contributed by atoms with Crippen LogP contribution in [0.25, 0.3) is 0 Å². The van der Waals surface area contributed by atoms with Gasteiger partial charge in [0.25, 0.3) is 5.91 Å². The molecule has 0 aromatic heterocycles. The van der Waals surface area contributed by atoms with E-state index in [0.717, 1.165) is 39.0 Å². The highest BCUT2D eigenvalue weighted by atomic mass is 35.5. The van der Waals surface area contributed by atoms with E-state index in [2.05, 4.69) is 16.0 Å². The topological polar surface area (TPSA) is 73.5 Å². The monoisotopic (exact) mass is 380 g/mol. The summed E-state index contributed by atoms with van der Waals surface area (Å²) in [5.74, 6) is 0.00116. The number of hydrogen-bond donors (Lipinski definition) is 3. The van der Waals surface area contributed by atoms with Gasteiger partial charge in [0.15, 0.2) is 0 Å². The van der Waals surface area contributed by atoms with E-state index in [0.29, 0.717) is 16.7 Å². The number of nitrogens with one attached hydrogen (secondary N) is 3. The Morgan fingerprint density at radius 3 is 2.46 bits per heavy atom. The molecule has 0 aliphatic carbocycles. The maximum Gasteiger partial charge on any atom is 0.319 e. The Hall–Kier alpha value is -1.79. The number of halogens is 1. The van der Waals surface area contributed by atoms with Gasteiger partial charge < -0.3 is 20.9 Å². The highest BCUT2D eigenvalue weighted by Gasteiger charge is 2.38. The van der Waals surface area contributed by atoms with E-state index in [4.69, 9.17) is 0 Å². The molecule has 2 aliphatic heterocycles. The molecule has 2 aliphatic rings. The van der Waals surface area contributed by atoms with Crippen LogP contribution >= 0.6 is 12.4 Å². The number of urea groups is 1. The van der Waals surface area contributed by atoms with E-state index in [-0.39, 0.29) is 30.4 Å². The van der Waals surface area contributed by atoms with Crippen molar-refractivity contribution in [2.45, 2.75) is 39.2 Å². The van der Waals surface area contributed by atoms with E-state index in [1.54, 1.807) is 12.1 Å². The average Bonchev–Trinajstić information content (AvgIpc) is 3.03. The highest BCUT2D eigenvalue weighted by molar-refractivity contribution is 6.03. The van der Waals surface area contributed by atoms with Gasteiger partial charge in [-0.2, -0.15) is 0 Å². The zero-order valence-corrected chi connectivity index (χ0v) is 16.3. The fraction of sp³-hybridized carbons (Fsp3) is 0.579. The van der Waals surface area contributed by atoms with Crippen molar-refractivity contribution in [1.29, 1.82) is 0 Å². The van der Waals surface area contributed by atoms with Crippen molar-refractivity contribution in [1.82, 2.24) is 15.5 Å². The van der Waals surface area contributed by atoms with Gasteiger partial charge in [0.2, 0.25) is 0 Å². The van der Waals surface area contributed by atoms with Gasteiger partial charge >= 0.3 is 6.03 Å². The van der Waals surface area contributed by atoms with E-state index < -0.39 is 0 Å². The lowest BCUT2D eigenvalue weighted by Gasteiger charge is -2.39. The second-order valence-electron chi connectivity index (χ2n) is 7.52. The number of nitrogens with zero attached hydrogens (tertiary/aromatic N) is 1. The number of para-hydroxylation sites is 1. The summed E-state index contributed by atoms with van der Waals surface area (Å²) in [5.41, 5.74) is 1.50. The first-order valence-electron chi connectivity index (χ1n) is 9.16. The first-order valence-corrected chi connectivity index (χ1v) is 9.16. The minimum Gasteiger partial charge on any atom is -0.339 e. The van der Waals surface area contributed by atoms with Crippen molar-refractivity contribution in [3.63, 3.8) is 0 Å². The van der Waals surface area contributed by atoms with E-state index in [1.807, 2.05) is 30.9 Å². The summed E-state index contributed by atoms with van der Waals surface area (Å²) >= 11 is 0. The Labute approximate surface area is 161 Å². The molecule has 26 heavy (non-hydrogen) atoms. The number of benzene rings is 1. The summed E-state index contributed by atoms with van der Waals surface area (Å²) in [5, 5.41) is 9.04. The van der Waals surface area contributed by atoms with Crippen LogP contribution in [0.2, 0.25) is 0 Å². The molecule has 2 heterocycles. The standard InChI is InChI=1S/C19H28N4O2.ClH/c1-14(2)21-18(25)22-16-6-4-3-5-15(16)17(24)23-11-8-19(9-12-23)7-10-20-13-19;/h3-6,14,20H,7-13H2,1-2H3,(H2,21,22,25);1H. The fourth-order valence-corrected chi connectivity index (χ4v) is 3.78. The molecule has 0 atom stereocenters. The minimum absolute atomic E-state index is 0. The molecule has 0 radical (unpaired) electrons.